The summed E-state index contributed by atoms with van der Waals surface area (Å²) in [6.45, 7) is 0.629. The Balaban J connectivity index is 1.24. The number of aromatic nitrogens is 1. The van der Waals surface area contributed by atoms with Crippen LogP contribution in [-0.2, 0) is 9.53 Å². The molecule has 1 saturated carbocycles. The molecule has 1 aliphatic carbocycles. The second-order valence-electron chi connectivity index (χ2n) is 8.77. The van der Waals surface area contributed by atoms with E-state index in [1.807, 2.05) is 12.1 Å². The van der Waals surface area contributed by atoms with Crippen molar-refractivity contribution in [2.45, 2.75) is 50.3 Å². The molecule has 2 amide bonds. The van der Waals surface area contributed by atoms with Gasteiger partial charge in [0.15, 0.2) is 5.58 Å². The van der Waals surface area contributed by atoms with Gasteiger partial charge in [0.25, 0.3) is 5.91 Å². The topological polar surface area (TPSA) is 84.7 Å². The molecular formula is C25H26FN3O4. The van der Waals surface area contributed by atoms with Gasteiger partial charge in [-0.15, -0.1) is 0 Å². The van der Waals surface area contributed by atoms with Crippen LogP contribution in [0.2, 0.25) is 0 Å². The molecule has 8 heteroatoms. The summed E-state index contributed by atoms with van der Waals surface area (Å²) in [4.78, 5) is 31.3. The van der Waals surface area contributed by atoms with E-state index in [4.69, 9.17) is 9.15 Å². The Hall–Kier alpha value is -3.26. The fraction of sp³-hybridized carbons (Fsp3) is 0.400. The van der Waals surface area contributed by atoms with Gasteiger partial charge in [0.05, 0.1) is 5.56 Å². The number of halogens is 1. The zero-order chi connectivity index (χ0) is 22.9. The normalized spacial score (nSPS) is 22.5. The van der Waals surface area contributed by atoms with E-state index in [1.54, 1.807) is 30.1 Å². The highest BCUT2D eigenvalue weighted by Gasteiger charge is 2.33. The molecule has 2 aliphatic rings. The summed E-state index contributed by atoms with van der Waals surface area (Å²) in [7, 11) is 1.73. The number of carbonyl (C=O) groups is 2. The molecule has 0 bridgehead atoms. The minimum absolute atomic E-state index is 0.0141. The van der Waals surface area contributed by atoms with E-state index in [0.29, 0.717) is 24.1 Å². The SMILES string of the molecule is CN(C(=O)c1ccc(-c2nc3ccccc3o2)c(F)c1)[C@@H]1CC[C@H](NC(=O)C2CCCO2)C1. The van der Waals surface area contributed by atoms with Crippen LogP contribution in [-0.4, -0.2) is 53.5 Å². The lowest BCUT2D eigenvalue weighted by molar-refractivity contribution is -0.130. The van der Waals surface area contributed by atoms with Crippen molar-refractivity contribution in [3.8, 4) is 11.5 Å². The fourth-order valence-electron chi connectivity index (χ4n) is 4.70. The summed E-state index contributed by atoms with van der Waals surface area (Å²) >= 11 is 0. The minimum atomic E-state index is -0.561. The van der Waals surface area contributed by atoms with Crippen LogP contribution in [0, 0.1) is 5.82 Å². The molecule has 2 aromatic carbocycles. The van der Waals surface area contributed by atoms with Crippen molar-refractivity contribution in [2.75, 3.05) is 13.7 Å². The zero-order valence-electron chi connectivity index (χ0n) is 18.4. The van der Waals surface area contributed by atoms with Gasteiger partial charge in [-0.05, 0) is 62.4 Å². The predicted molar refractivity (Wildman–Crippen MR) is 120 cm³/mol. The van der Waals surface area contributed by atoms with Crippen LogP contribution in [0.25, 0.3) is 22.6 Å². The van der Waals surface area contributed by atoms with E-state index in [9.17, 15) is 14.0 Å². The van der Waals surface area contributed by atoms with Crippen molar-refractivity contribution in [3.63, 3.8) is 0 Å². The lowest BCUT2D eigenvalue weighted by Crippen LogP contribution is -2.41. The van der Waals surface area contributed by atoms with Gasteiger partial charge in [-0.2, -0.15) is 0 Å². The van der Waals surface area contributed by atoms with E-state index in [2.05, 4.69) is 10.3 Å². The zero-order valence-corrected chi connectivity index (χ0v) is 18.4. The first-order valence-electron chi connectivity index (χ1n) is 11.3. The van der Waals surface area contributed by atoms with Gasteiger partial charge in [0.1, 0.15) is 17.4 Å². The van der Waals surface area contributed by atoms with Crippen molar-refractivity contribution in [3.05, 3.63) is 53.8 Å². The molecule has 1 aromatic heterocycles. The number of hydrogen-bond donors (Lipinski definition) is 1. The van der Waals surface area contributed by atoms with Gasteiger partial charge in [-0.25, -0.2) is 9.37 Å². The lowest BCUT2D eigenvalue weighted by atomic mass is 10.1. The lowest BCUT2D eigenvalue weighted by Gasteiger charge is -2.25. The molecule has 0 spiro atoms. The van der Waals surface area contributed by atoms with Crippen molar-refractivity contribution in [2.24, 2.45) is 0 Å². The molecule has 1 N–H and O–H groups in total. The second kappa shape index (κ2) is 8.94. The minimum Gasteiger partial charge on any atom is -0.436 e. The molecule has 2 fully saturated rings. The van der Waals surface area contributed by atoms with E-state index in [-0.39, 0.29) is 47.0 Å². The van der Waals surface area contributed by atoms with Crippen molar-refractivity contribution >= 4 is 22.9 Å². The average molecular weight is 451 g/mol. The summed E-state index contributed by atoms with van der Waals surface area (Å²) in [5.41, 5.74) is 1.70. The molecule has 1 unspecified atom stereocenters. The van der Waals surface area contributed by atoms with Gasteiger partial charge in [-0.1, -0.05) is 12.1 Å². The number of nitrogens with one attached hydrogen (secondary N) is 1. The standard InChI is InChI=1S/C25H26FN3O4/c1-29(17-10-9-16(14-17)27-23(30)22-7-4-12-32-22)25(31)15-8-11-18(19(26)13-15)24-28-20-5-2-3-6-21(20)33-24/h2-3,5-6,8,11,13,16-17,22H,4,7,9-10,12,14H2,1H3,(H,27,30)/t16-,17+,22?/m0/s1. The van der Waals surface area contributed by atoms with E-state index >= 15 is 0 Å². The molecule has 5 rings (SSSR count). The highest BCUT2D eigenvalue weighted by Crippen LogP contribution is 2.29. The third-order valence-electron chi connectivity index (χ3n) is 6.58. The Morgan fingerprint density at radius 2 is 2.00 bits per heavy atom. The molecule has 7 nitrogen and oxygen atoms in total. The number of ether oxygens (including phenoxy) is 1. The second-order valence-corrected chi connectivity index (χ2v) is 8.77. The number of para-hydroxylation sites is 2. The Bertz CT molecular complexity index is 1150. The quantitative estimate of drug-likeness (QED) is 0.636. The maximum Gasteiger partial charge on any atom is 0.253 e. The van der Waals surface area contributed by atoms with Crippen LogP contribution < -0.4 is 5.32 Å². The number of carbonyl (C=O) groups excluding carboxylic acids is 2. The van der Waals surface area contributed by atoms with Gasteiger partial charge in [0, 0.05) is 31.3 Å². The molecule has 2 heterocycles. The highest BCUT2D eigenvalue weighted by atomic mass is 19.1. The number of nitrogens with zero attached hydrogens (tertiary/aromatic N) is 2. The molecule has 0 radical (unpaired) electrons. The van der Waals surface area contributed by atoms with Crippen LogP contribution >= 0.6 is 0 Å². The largest absolute Gasteiger partial charge is 0.436 e. The Labute approximate surface area is 190 Å². The van der Waals surface area contributed by atoms with E-state index in [0.717, 1.165) is 25.7 Å². The summed E-state index contributed by atoms with van der Waals surface area (Å²) in [6.07, 6.45) is 3.56. The molecule has 33 heavy (non-hydrogen) atoms. The van der Waals surface area contributed by atoms with Gasteiger partial charge >= 0.3 is 0 Å². The van der Waals surface area contributed by atoms with Crippen LogP contribution in [0.3, 0.4) is 0 Å². The summed E-state index contributed by atoms with van der Waals surface area (Å²) in [6, 6.07) is 11.6. The summed E-state index contributed by atoms with van der Waals surface area (Å²) in [5.74, 6) is -0.700. The molecule has 3 atom stereocenters. The fourth-order valence-corrected chi connectivity index (χ4v) is 4.70. The average Bonchev–Trinajstić information content (AvgIpc) is 3.58. The predicted octanol–water partition coefficient (Wildman–Crippen LogP) is 3.92. The maximum atomic E-state index is 14.9. The first-order valence-corrected chi connectivity index (χ1v) is 11.3. The molecule has 3 aromatic rings. The number of fused-ring (bicyclic) bond motifs is 1. The first-order chi connectivity index (χ1) is 16.0. The van der Waals surface area contributed by atoms with Crippen LogP contribution in [0.15, 0.2) is 46.9 Å². The van der Waals surface area contributed by atoms with E-state index < -0.39 is 5.82 Å². The highest BCUT2D eigenvalue weighted by molar-refractivity contribution is 5.95. The number of benzene rings is 2. The molecule has 1 aliphatic heterocycles. The summed E-state index contributed by atoms with van der Waals surface area (Å²) in [5, 5.41) is 3.05. The number of hydrogen-bond acceptors (Lipinski definition) is 5. The first kappa shape index (κ1) is 21.6. The van der Waals surface area contributed by atoms with Gasteiger partial charge < -0.3 is 19.4 Å². The smallest absolute Gasteiger partial charge is 0.253 e. The summed E-state index contributed by atoms with van der Waals surface area (Å²) < 4.78 is 26.0. The third kappa shape index (κ3) is 4.35. The Morgan fingerprint density at radius 3 is 2.76 bits per heavy atom. The molecular weight excluding hydrogens is 425 g/mol. The van der Waals surface area contributed by atoms with Crippen molar-refractivity contribution in [1.82, 2.24) is 15.2 Å². The Morgan fingerprint density at radius 1 is 1.15 bits per heavy atom. The van der Waals surface area contributed by atoms with Crippen LogP contribution in [0.4, 0.5) is 4.39 Å². The monoisotopic (exact) mass is 451 g/mol. The van der Waals surface area contributed by atoms with Crippen molar-refractivity contribution < 1.29 is 23.1 Å². The van der Waals surface area contributed by atoms with Crippen LogP contribution in [0.1, 0.15) is 42.5 Å². The van der Waals surface area contributed by atoms with E-state index in [1.165, 1.54) is 12.1 Å². The Kier molecular flexibility index (Phi) is 5.85. The molecule has 172 valence electrons. The number of oxazole rings is 1. The van der Waals surface area contributed by atoms with Crippen molar-refractivity contribution in [1.29, 1.82) is 0 Å². The maximum absolute atomic E-state index is 14.9. The van der Waals surface area contributed by atoms with Crippen LogP contribution in [0.5, 0.6) is 0 Å². The number of amides is 2. The number of rotatable bonds is 5. The van der Waals surface area contributed by atoms with Gasteiger partial charge in [0.2, 0.25) is 11.8 Å². The third-order valence-corrected chi connectivity index (χ3v) is 6.58. The van der Waals surface area contributed by atoms with Gasteiger partial charge in [-0.3, -0.25) is 9.59 Å². The molecule has 1 saturated heterocycles.